The monoisotopic (exact) mass is 332 g/mol. The van der Waals surface area contributed by atoms with Crippen molar-refractivity contribution in [2.24, 2.45) is 0 Å². The smallest absolute Gasteiger partial charge is 0.325 e. The van der Waals surface area contributed by atoms with Crippen LogP contribution in [0.1, 0.15) is 23.7 Å². The first-order valence-corrected chi connectivity index (χ1v) is 7.78. The molecule has 6 nitrogen and oxygen atoms in total. The molecule has 0 radical (unpaired) electrons. The zero-order valence-corrected chi connectivity index (χ0v) is 13.5. The number of hydrogen-bond acceptors (Lipinski definition) is 3. The predicted molar refractivity (Wildman–Crippen MR) is 86.0 cm³/mol. The number of carbonyl (C=O) groups excluding carboxylic acids is 2. The molecule has 1 saturated heterocycles. The molecule has 1 fully saturated rings. The van der Waals surface area contributed by atoms with Crippen LogP contribution in [0.2, 0.25) is 5.02 Å². The van der Waals surface area contributed by atoms with E-state index in [0.29, 0.717) is 11.6 Å². The van der Waals surface area contributed by atoms with Crippen molar-refractivity contribution in [2.75, 3.05) is 6.54 Å². The van der Waals surface area contributed by atoms with Crippen molar-refractivity contribution < 1.29 is 9.59 Å². The highest BCUT2D eigenvalue weighted by molar-refractivity contribution is 6.30. The van der Waals surface area contributed by atoms with Gasteiger partial charge >= 0.3 is 6.03 Å². The number of halogens is 1. The van der Waals surface area contributed by atoms with Crippen molar-refractivity contribution in [3.63, 3.8) is 0 Å². The Morgan fingerprint density at radius 1 is 1.30 bits per heavy atom. The zero-order valence-electron chi connectivity index (χ0n) is 12.7. The van der Waals surface area contributed by atoms with Crippen LogP contribution in [0.4, 0.5) is 4.79 Å². The minimum absolute atomic E-state index is 0.309. The second-order valence-electron chi connectivity index (χ2n) is 5.53. The van der Waals surface area contributed by atoms with Crippen LogP contribution < -0.4 is 5.32 Å². The van der Waals surface area contributed by atoms with Gasteiger partial charge in [-0.15, -0.1) is 0 Å². The molecule has 23 heavy (non-hydrogen) atoms. The summed E-state index contributed by atoms with van der Waals surface area (Å²) in [7, 11) is 0. The van der Waals surface area contributed by atoms with Gasteiger partial charge in [0.1, 0.15) is 6.04 Å². The van der Waals surface area contributed by atoms with Gasteiger partial charge in [0.05, 0.1) is 6.33 Å². The topological polar surface area (TPSA) is 67.2 Å². The molecule has 1 aliphatic heterocycles. The highest BCUT2D eigenvalue weighted by Crippen LogP contribution is 2.27. The van der Waals surface area contributed by atoms with Crippen LogP contribution in [0.3, 0.4) is 0 Å². The van der Waals surface area contributed by atoms with Gasteiger partial charge < -0.3 is 9.47 Å². The van der Waals surface area contributed by atoms with Gasteiger partial charge in [0.15, 0.2) is 0 Å². The summed E-state index contributed by atoms with van der Waals surface area (Å²) in [6.45, 7) is 3.20. The molecule has 3 amide bonds. The van der Waals surface area contributed by atoms with Gasteiger partial charge in [-0.3, -0.25) is 10.1 Å². The minimum atomic E-state index is -0.620. The van der Waals surface area contributed by atoms with Crippen LogP contribution in [0.25, 0.3) is 0 Å². The minimum Gasteiger partial charge on any atom is -0.335 e. The van der Waals surface area contributed by atoms with Crippen molar-refractivity contribution in [1.29, 1.82) is 0 Å². The molecule has 1 atom stereocenters. The molecule has 2 aromatic rings. The fourth-order valence-electron chi connectivity index (χ4n) is 2.78. The number of benzene rings is 1. The van der Waals surface area contributed by atoms with E-state index in [-0.39, 0.29) is 11.9 Å². The molecule has 1 aromatic carbocycles. The van der Waals surface area contributed by atoms with E-state index in [1.54, 1.807) is 35.6 Å². The molecule has 1 aliphatic rings. The molecule has 0 bridgehead atoms. The molecule has 7 heteroatoms. The number of nitrogens with zero attached hydrogens (tertiary/aromatic N) is 3. The van der Waals surface area contributed by atoms with Gasteiger partial charge in [0, 0.05) is 30.0 Å². The van der Waals surface area contributed by atoms with E-state index in [0.717, 1.165) is 24.2 Å². The maximum absolute atomic E-state index is 12.1. The Kier molecular flexibility index (Phi) is 4.34. The zero-order chi connectivity index (χ0) is 16.4. The SMILES string of the molecule is Cc1cncn1CCCN1C(=O)NC(=O)C1c1cccc(Cl)c1. The summed E-state index contributed by atoms with van der Waals surface area (Å²) in [6, 6.07) is 6.07. The van der Waals surface area contributed by atoms with E-state index in [4.69, 9.17) is 11.6 Å². The quantitative estimate of drug-likeness (QED) is 0.855. The van der Waals surface area contributed by atoms with Gasteiger partial charge in [0.2, 0.25) is 0 Å². The van der Waals surface area contributed by atoms with Crippen LogP contribution in [-0.4, -0.2) is 32.9 Å². The molecule has 0 spiro atoms. The first kappa shape index (κ1) is 15.6. The molecule has 1 unspecified atom stereocenters. The Morgan fingerprint density at radius 3 is 2.83 bits per heavy atom. The molecule has 0 saturated carbocycles. The number of aromatic nitrogens is 2. The highest BCUT2D eigenvalue weighted by atomic mass is 35.5. The first-order chi connectivity index (χ1) is 11.1. The summed E-state index contributed by atoms with van der Waals surface area (Å²) in [4.78, 5) is 29.8. The number of rotatable bonds is 5. The molecule has 0 aliphatic carbocycles. The average Bonchev–Trinajstić information content (AvgIpc) is 3.03. The number of hydrogen-bond donors (Lipinski definition) is 1. The van der Waals surface area contributed by atoms with E-state index < -0.39 is 6.04 Å². The van der Waals surface area contributed by atoms with Gasteiger partial charge in [-0.05, 0) is 31.0 Å². The number of imide groups is 1. The lowest BCUT2D eigenvalue weighted by Crippen LogP contribution is -2.31. The lowest BCUT2D eigenvalue weighted by molar-refractivity contribution is -0.121. The lowest BCUT2D eigenvalue weighted by Gasteiger charge is -2.22. The third-order valence-electron chi connectivity index (χ3n) is 3.93. The molecular formula is C16H17ClN4O2. The van der Waals surface area contributed by atoms with E-state index in [9.17, 15) is 9.59 Å². The molecular weight excluding hydrogens is 316 g/mol. The standard InChI is InChI=1S/C16H17ClN4O2/c1-11-9-18-10-20(11)6-3-7-21-14(15(22)19-16(21)23)12-4-2-5-13(17)8-12/h2,4-5,8-10,14H,3,6-7H2,1H3,(H,19,22,23). The van der Waals surface area contributed by atoms with Crippen molar-refractivity contribution >= 4 is 23.5 Å². The summed E-state index contributed by atoms with van der Waals surface area (Å²) in [5, 5.41) is 2.92. The van der Waals surface area contributed by atoms with E-state index >= 15 is 0 Å². The van der Waals surface area contributed by atoms with Crippen LogP contribution in [0, 0.1) is 6.92 Å². The number of imidazole rings is 1. The number of urea groups is 1. The Bertz CT molecular complexity index is 743. The summed E-state index contributed by atoms with van der Waals surface area (Å²) < 4.78 is 2.02. The van der Waals surface area contributed by atoms with Crippen molar-refractivity contribution in [2.45, 2.75) is 25.9 Å². The van der Waals surface area contributed by atoms with Crippen LogP contribution in [0.5, 0.6) is 0 Å². The Hall–Kier alpha value is -2.34. The third kappa shape index (κ3) is 3.22. The fraction of sp³-hybridized carbons (Fsp3) is 0.312. The number of nitrogens with one attached hydrogen (secondary N) is 1. The summed E-state index contributed by atoms with van der Waals surface area (Å²) in [5.74, 6) is -0.309. The van der Waals surface area contributed by atoms with Crippen LogP contribution in [0.15, 0.2) is 36.8 Å². The normalized spacial score (nSPS) is 17.7. The number of carbonyl (C=O) groups is 2. The first-order valence-electron chi connectivity index (χ1n) is 7.40. The van der Waals surface area contributed by atoms with E-state index in [1.165, 1.54) is 0 Å². The van der Waals surface area contributed by atoms with Gasteiger partial charge in [-0.1, -0.05) is 23.7 Å². The maximum Gasteiger partial charge on any atom is 0.325 e. The second-order valence-corrected chi connectivity index (χ2v) is 5.96. The molecule has 1 N–H and O–H groups in total. The summed E-state index contributed by atoms with van der Waals surface area (Å²) in [6.07, 6.45) is 4.29. The number of amides is 3. The number of aryl methyl sites for hydroxylation is 2. The summed E-state index contributed by atoms with van der Waals surface area (Å²) in [5.41, 5.74) is 1.79. The summed E-state index contributed by atoms with van der Waals surface area (Å²) >= 11 is 6.00. The van der Waals surface area contributed by atoms with Crippen molar-refractivity contribution in [3.8, 4) is 0 Å². The highest BCUT2D eigenvalue weighted by Gasteiger charge is 2.38. The lowest BCUT2D eigenvalue weighted by atomic mass is 10.1. The van der Waals surface area contributed by atoms with Crippen LogP contribution >= 0.6 is 11.6 Å². The van der Waals surface area contributed by atoms with Gasteiger partial charge in [0.25, 0.3) is 5.91 Å². The molecule has 1 aromatic heterocycles. The van der Waals surface area contributed by atoms with Gasteiger partial charge in [-0.25, -0.2) is 9.78 Å². The predicted octanol–water partition coefficient (Wildman–Crippen LogP) is 2.53. The Labute approximate surface area is 139 Å². The molecule has 3 rings (SSSR count). The molecule has 2 heterocycles. The molecule has 120 valence electrons. The second kappa shape index (κ2) is 6.42. The van der Waals surface area contributed by atoms with Crippen LogP contribution in [-0.2, 0) is 11.3 Å². The largest absolute Gasteiger partial charge is 0.335 e. The average molecular weight is 333 g/mol. The van der Waals surface area contributed by atoms with Crippen molar-refractivity contribution in [3.05, 3.63) is 53.1 Å². The van der Waals surface area contributed by atoms with Gasteiger partial charge in [-0.2, -0.15) is 0 Å². The maximum atomic E-state index is 12.1. The van der Waals surface area contributed by atoms with E-state index in [2.05, 4.69) is 10.3 Å². The fourth-order valence-corrected chi connectivity index (χ4v) is 2.97. The van der Waals surface area contributed by atoms with Crippen molar-refractivity contribution in [1.82, 2.24) is 19.8 Å². The Morgan fingerprint density at radius 2 is 2.13 bits per heavy atom. The van der Waals surface area contributed by atoms with E-state index in [1.807, 2.05) is 17.6 Å². The Balaban J connectivity index is 1.72. The third-order valence-corrected chi connectivity index (χ3v) is 4.17.